The lowest BCUT2D eigenvalue weighted by atomic mass is 10.1. The normalized spacial score (nSPS) is 14.9. The molecule has 1 unspecified atom stereocenters. The second kappa shape index (κ2) is 9.60. The van der Waals surface area contributed by atoms with Crippen molar-refractivity contribution in [2.24, 2.45) is 0 Å². The zero-order valence-electron chi connectivity index (χ0n) is 17.2. The van der Waals surface area contributed by atoms with Gasteiger partial charge in [0.2, 0.25) is 0 Å². The molecule has 0 aliphatic carbocycles. The summed E-state index contributed by atoms with van der Waals surface area (Å²) >= 11 is 0. The fraction of sp³-hybridized carbons (Fsp3) is 0.174. The summed E-state index contributed by atoms with van der Waals surface area (Å²) in [6.45, 7) is 0.564. The quantitative estimate of drug-likeness (QED) is 0.489. The minimum absolute atomic E-state index is 0.151. The number of amides is 1. The number of ether oxygens (including phenoxy) is 2. The number of halogens is 3. The van der Waals surface area contributed by atoms with Crippen molar-refractivity contribution in [3.05, 3.63) is 90.6 Å². The fourth-order valence-electron chi connectivity index (χ4n) is 3.25. The van der Waals surface area contributed by atoms with Crippen molar-refractivity contribution in [3.8, 4) is 11.5 Å². The van der Waals surface area contributed by atoms with Gasteiger partial charge in [-0.2, -0.15) is 0 Å². The van der Waals surface area contributed by atoms with Crippen molar-refractivity contribution in [3.63, 3.8) is 0 Å². The second-order valence-electron chi connectivity index (χ2n) is 7.00. The third-order valence-electron chi connectivity index (χ3n) is 4.67. The Morgan fingerprint density at radius 1 is 1.09 bits per heavy atom. The number of hydrogen-bond acceptors (Lipinski definition) is 5. The monoisotopic (exact) mass is 456 g/mol. The van der Waals surface area contributed by atoms with Crippen LogP contribution in [-0.2, 0) is 0 Å². The van der Waals surface area contributed by atoms with Crippen molar-refractivity contribution >= 4 is 11.6 Å². The predicted octanol–water partition coefficient (Wildman–Crippen LogP) is 4.57. The van der Waals surface area contributed by atoms with Gasteiger partial charge in [0.25, 0.3) is 5.91 Å². The number of rotatable bonds is 3. The number of nitrogens with zero attached hydrogens (tertiary/aromatic N) is 3. The Bertz CT molecular complexity index is 1200. The van der Waals surface area contributed by atoms with E-state index < -0.39 is 6.36 Å². The molecule has 10 heteroatoms. The second-order valence-corrected chi connectivity index (χ2v) is 7.00. The number of benzene rings is 1. The van der Waals surface area contributed by atoms with E-state index in [4.69, 9.17) is 4.74 Å². The third-order valence-corrected chi connectivity index (χ3v) is 4.67. The van der Waals surface area contributed by atoms with Gasteiger partial charge in [0.05, 0.1) is 12.6 Å². The maximum Gasteiger partial charge on any atom is 0.573 e. The van der Waals surface area contributed by atoms with Gasteiger partial charge in [-0.15, -0.1) is 13.2 Å². The lowest BCUT2D eigenvalue weighted by molar-refractivity contribution is -0.274. The van der Waals surface area contributed by atoms with E-state index >= 15 is 0 Å². The van der Waals surface area contributed by atoms with E-state index in [9.17, 15) is 18.0 Å². The van der Waals surface area contributed by atoms with Crippen LogP contribution in [0.1, 0.15) is 28.6 Å². The van der Waals surface area contributed by atoms with E-state index in [1.165, 1.54) is 24.3 Å². The molecule has 0 bridgehead atoms. The van der Waals surface area contributed by atoms with Gasteiger partial charge in [-0.25, -0.2) is 4.98 Å². The Labute approximate surface area is 186 Å². The van der Waals surface area contributed by atoms with E-state index in [1.54, 1.807) is 18.5 Å². The molecule has 4 aromatic rings. The maximum atomic E-state index is 12.4. The standard InChI is InChI=1S/C16H14N4O2.C7H5F3O/c21-16(12-10-20-8-2-1-5-14(20)18-12)19-11-6-9-22-13-4-3-7-17-15(11)13;8-7(9,10)11-6-4-2-1-3-5-6/h1-5,7-8,10-11H,6,9H2,(H,19,21);1-5H. The summed E-state index contributed by atoms with van der Waals surface area (Å²) in [6, 6.07) is 16.2. The first-order valence-electron chi connectivity index (χ1n) is 10.0. The van der Waals surface area contributed by atoms with Crippen LogP contribution in [-0.4, -0.2) is 33.2 Å². The third kappa shape index (κ3) is 5.79. The molecule has 1 amide bonds. The molecule has 0 saturated heterocycles. The Hall–Kier alpha value is -4.08. The zero-order chi connectivity index (χ0) is 23.3. The lowest BCUT2D eigenvalue weighted by Gasteiger charge is -2.25. The molecule has 1 aliphatic heterocycles. The molecule has 3 aromatic heterocycles. The molecule has 0 fully saturated rings. The Morgan fingerprint density at radius 2 is 1.88 bits per heavy atom. The number of pyridine rings is 2. The Morgan fingerprint density at radius 3 is 2.64 bits per heavy atom. The number of carbonyl (C=O) groups excluding carboxylic acids is 1. The molecule has 170 valence electrons. The first-order chi connectivity index (χ1) is 15.9. The molecular weight excluding hydrogens is 437 g/mol. The number of imidazole rings is 1. The molecule has 0 saturated carbocycles. The molecule has 0 spiro atoms. The molecule has 7 nitrogen and oxygen atoms in total. The van der Waals surface area contributed by atoms with Crippen LogP contribution in [0.15, 0.2) is 79.3 Å². The molecule has 4 heterocycles. The number of alkyl halides is 3. The van der Waals surface area contributed by atoms with E-state index in [0.717, 1.165) is 17.1 Å². The summed E-state index contributed by atoms with van der Waals surface area (Å²) in [7, 11) is 0. The average molecular weight is 456 g/mol. The summed E-state index contributed by atoms with van der Waals surface area (Å²) in [4.78, 5) is 21.1. The van der Waals surface area contributed by atoms with Crippen molar-refractivity contribution in [1.29, 1.82) is 0 Å². The van der Waals surface area contributed by atoms with Crippen LogP contribution in [0.2, 0.25) is 0 Å². The molecule has 1 aliphatic rings. The van der Waals surface area contributed by atoms with E-state index in [-0.39, 0.29) is 17.7 Å². The highest BCUT2D eigenvalue weighted by Crippen LogP contribution is 2.29. The van der Waals surface area contributed by atoms with Crippen LogP contribution in [0.4, 0.5) is 13.2 Å². The molecule has 1 N–H and O–H groups in total. The van der Waals surface area contributed by atoms with Crippen LogP contribution < -0.4 is 14.8 Å². The van der Waals surface area contributed by atoms with Gasteiger partial charge in [0.15, 0.2) is 0 Å². The summed E-state index contributed by atoms with van der Waals surface area (Å²) in [5.74, 6) is 0.334. The average Bonchev–Trinajstić information content (AvgIpc) is 3.24. The topological polar surface area (TPSA) is 77.8 Å². The highest BCUT2D eigenvalue weighted by atomic mass is 19.4. The number of para-hydroxylation sites is 1. The lowest BCUT2D eigenvalue weighted by Crippen LogP contribution is -2.33. The highest BCUT2D eigenvalue weighted by Gasteiger charge is 2.30. The number of aromatic nitrogens is 3. The highest BCUT2D eigenvalue weighted by molar-refractivity contribution is 5.93. The van der Waals surface area contributed by atoms with E-state index in [0.29, 0.717) is 18.7 Å². The summed E-state index contributed by atoms with van der Waals surface area (Å²) in [6.07, 6.45) is 1.40. The SMILES string of the molecule is FC(F)(F)Oc1ccccc1.O=C(NC1CCOc2cccnc21)c1cn2ccccc2n1. The van der Waals surface area contributed by atoms with Gasteiger partial charge in [-0.1, -0.05) is 24.3 Å². The zero-order valence-corrected chi connectivity index (χ0v) is 17.2. The van der Waals surface area contributed by atoms with Gasteiger partial charge in [0, 0.05) is 25.0 Å². The van der Waals surface area contributed by atoms with E-state index in [2.05, 4.69) is 20.0 Å². The molecule has 5 rings (SSSR count). The van der Waals surface area contributed by atoms with E-state index in [1.807, 2.05) is 40.9 Å². The van der Waals surface area contributed by atoms with Crippen LogP contribution in [0.25, 0.3) is 5.65 Å². The largest absolute Gasteiger partial charge is 0.573 e. The van der Waals surface area contributed by atoms with Crippen LogP contribution in [0, 0.1) is 0 Å². The minimum atomic E-state index is -4.60. The molecule has 33 heavy (non-hydrogen) atoms. The first kappa shape index (κ1) is 22.1. The van der Waals surface area contributed by atoms with Crippen LogP contribution in [0.3, 0.4) is 0 Å². The Balaban J connectivity index is 0.000000200. The van der Waals surface area contributed by atoms with Gasteiger partial charge < -0.3 is 19.2 Å². The summed E-state index contributed by atoms with van der Waals surface area (Å²) in [5, 5.41) is 3.00. The van der Waals surface area contributed by atoms with Crippen molar-refractivity contribution in [1.82, 2.24) is 19.7 Å². The molecule has 1 atom stereocenters. The van der Waals surface area contributed by atoms with Gasteiger partial charge in [-0.3, -0.25) is 9.78 Å². The van der Waals surface area contributed by atoms with Gasteiger partial charge in [0.1, 0.15) is 28.5 Å². The first-order valence-corrected chi connectivity index (χ1v) is 10.0. The summed E-state index contributed by atoms with van der Waals surface area (Å²) in [5.41, 5.74) is 1.92. The number of carbonyl (C=O) groups is 1. The molecule has 1 aromatic carbocycles. The molecule has 0 radical (unpaired) electrons. The molecular formula is C23H19F3N4O3. The number of nitrogens with one attached hydrogen (secondary N) is 1. The minimum Gasteiger partial charge on any atom is -0.491 e. The van der Waals surface area contributed by atoms with Gasteiger partial charge >= 0.3 is 6.36 Å². The van der Waals surface area contributed by atoms with Crippen LogP contribution in [0.5, 0.6) is 11.5 Å². The van der Waals surface area contributed by atoms with Crippen molar-refractivity contribution in [2.75, 3.05) is 6.61 Å². The predicted molar refractivity (Wildman–Crippen MR) is 113 cm³/mol. The smallest absolute Gasteiger partial charge is 0.491 e. The van der Waals surface area contributed by atoms with Crippen molar-refractivity contribution in [2.45, 2.75) is 18.8 Å². The summed E-state index contributed by atoms with van der Waals surface area (Å²) < 4.78 is 45.5. The van der Waals surface area contributed by atoms with Gasteiger partial charge in [-0.05, 0) is 36.4 Å². The number of fused-ring (bicyclic) bond motifs is 2. The van der Waals surface area contributed by atoms with Crippen LogP contribution >= 0.6 is 0 Å². The Kier molecular flexibility index (Phi) is 6.43. The fourth-order valence-corrected chi connectivity index (χ4v) is 3.25. The number of hydrogen-bond donors (Lipinski definition) is 1. The van der Waals surface area contributed by atoms with Crippen molar-refractivity contribution < 1.29 is 27.4 Å². The maximum absolute atomic E-state index is 12.4.